The van der Waals surface area contributed by atoms with Gasteiger partial charge in [-0.25, -0.2) is 0 Å². The lowest BCUT2D eigenvalue weighted by molar-refractivity contribution is 0.184. The molecular formula is C15H22N2O. The molecule has 0 bridgehead atoms. The van der Waals surface area contributed by atoms with Crippen LogP contribution in [0, 0.1) is 5.92 Å². The number of benzene rings is 1. The zero-order valence-corrected chi connectivity index (χ0v) is 10.8. The second kappa shape index (κ2) is 5.83. The van der Waals surface area contributed by atoms with Gasteiger partial charge in [-0.15, -0.1) is 0 Å². The zero-order valence-electron chi connectivity index (χ0n) is 10.8. The van der Waals surface area contributed by atoms with Crippen LogP contribution < -0.4 is 10.6 Å². The number of ether oxygens (including phenoxy) is 1. The molecule has 2 aliphatic rings. The number of hydrogen-bond acceptors (Lipinski definition) is 3. The van der Waals surface area contributed by atoms with Crippen molar-refractivity contribution in [2.45, 2.75) is 25.4 Å². The summed E-state index contributed by atoms with van der Waals surface area (Å²) in [5, 5.41) is 7.24. The molecule has 1 aromatic carbocycles. The topological polar surface area (TPSA) is 33.3 Å². The molecular weight excluding hydrogens is 224 g/mol. The van der Waals surface area contributed by atoms with Gasteiger partial charge in [-0.3, -0.25) is 0 Å². The Bertz CT molecular complexity index is 388. The molecule has 2 atom stereocenters. The Balaban J connectivity index is 1.67. The number of fused-ring (bicyclic) bond motifs is 1. The number of nitrogens with one attached hydrogen (secondary N) is 2. The molecule has 0 saturated carbocycles. The van der Waals surface area contributed by atoms with Crippen molar-refractivity contribution in [3.8, 4) is 0 Å². The van der Waals surface area contributed by atoms with Gasteiger partial charge in [0.15, 0.2) is 0 Å². The SMILES string of the molecule is c1ccc2c(c1)CNCCC2NCC1CCOC1. The molecule has 2 heterocycles. The highest BCUT2D eigenvalue weighted by Gasteiger charge is 2.20. The summed E-state index contributed by atoms with van der Waals surface area (Å²) < 4.78 is 5.44. The zero-order chi connectivity index (χ0) is 12.2. The Morgan fingerprint density at radius 1 is 1.28 bits per heavy atom. The van der Waals surface area contributed by atoms with Gasteiger partial charge in [-0.2, -0.15) is 0 Å². The first kappa shape index (κ1) is 12.2. The number of hydrogen-bond donors (Lipinski definition) is 2. The molecule has 3 rings (SSSR count). The molecule has 1 fully saturated rings. The second-order valence-electron chi connectivity index (χ2n) is 5.35. The van der Waals surface area contributed by atoms with E-state index >= 15 is 0 Å². The van der Waals surface area contributed by atoms with E-state index in [9.17, 15) is 0 Å². The first-order chi connectivity index (χ1) is 8.93. The summed E-state index contributed by atoms with van der Waals surface area (Å²) in [6.07, 6.45) is 2.38. The Labute approximate surface area is 109 Å². The van der Waals surface area contributed by atoms with Crippen LogP contribution in [0.4, 0.5) is 0 Å². The van der Waals surface area contributed by atoms with Gasteiger partial charge in [0.2, 0.25) is 0 Å². The molecule has 1 saturated heterocycles. The van der Waals surface area contributed by atoms with Crippen molar-refractivity contribution in [2.24, 2.45) is 5.92 Å². The normalized spacial score (nSPS) is 27.8. The Morgan fingerprint density at radius 2 is 2.22 bits per heavy atom. The van der Waals surface area contributed by atoms with E-state index in [1.54, 1.807) is 0 Å². The maximum Gasteiger partial charge on any atom is 0.0507 e. The van der Waals surface area contributed by atoms with Crippen LogP contribution in [0.3, 0.4) is 0 Å². The molecule has 98 valence electrons. The first-order valence-electron chi connectivity index (χ1n) is 7.03. The molecule has 3 heteroatoms. The van der Waals surface area contributed by atoms with E-state index in [0.717, 1.165) is 32.8 Å². The van der Waals surface area contributed by atoms with Crippen LogP contribution in [-0.2, 0) is 11.3 Å². The maximum atomic E-state index is 5.44. The van der Waals surface area contributed by atoms with Crippen LogP contribution in [-0.4, -0.2) is 26.3 Å². The van der Waals surface area contributed by atoms with E-state index in [1.165, 1.54) is 24.0 Å². The monoisotopic (exact) mass is 246 g/mol. The van der Waals surface area contributed by atoms with E-state index in [0.29, 0.717) is 12.0 Å². The van der Waals surface area contributed by atoms with Crippen molar-refractivity contribution in [3.63, 3.8) is 0 Å². The first-order valence-corrected chi connectivity index (χ1v) is 7.03. The van der Waals surface area contributed by atoms with Gasteiger partial charge in [0, 0.05) is 25.7 Å². The summed E-state index contributed by atoms with van der Waals surface area (Å²) in [5.74, 6) is 0.702. The molecule has 2 aliphatic heterocycles. The highest BCUT2D eigenvalue weighted by atomic mass is 16.5. The largest absolute Gasteiger partial charge is 0.381 e. The van der Waals surface area contributed by atoms with Crippen LogP contribution in [0.5, 0.6) is 0 Å². The van der Waals surface area contributed by atoms with Gasteiger partial charge in [0.05, 0.1) is 6.61 Å². The molecule has 2 N–H and O–H groups in total. The third-order valence-corrected chi connectivity index (χ3v) is 4.03. The molecule has 1 aromatic rings. The highest BCUT2D eigenvalue weighted by Crippen LogP contribution is 2.24. The minimum Gasteiger partial charge on any atom is -0.381 e. The summed E-state index contributed by atoms with van der Waals surface area (Å²) in [4.78, 5) is 0. The van der Waals surface area contributed by atoms with Gasteiger partial charge >= 0.3 is 0 Å². The lowest BCUT2D eigenvalue weighted by Crippen LogP contribution is -2.28. The molecule has 0 aromatic heterocycles. The van der Waals surface area contributed by atoms with E-state index in [4.69, 9.17) is 4.74 Å². The molecule has 2 unspecified atom stereocenters. The fourth-order valence-electron chi connectivity index (χ4n) is 2.93. The molecule has 0 radical (unpaired) electrons. The Hall–Kier alpha value is -0.900. The standard InChI is InChI=1S/C15H22N2O/c1-2-4-14-13(3-1)10-16-7-5-15(14)17-9-12-6-8-18-11-12/h1-4,12,15-17H,5-11H2. The number of rotatable bonds is 3. The van der Waals surface area contributed by atoms with Crippen molar-refractivity contribution in [1.82, 2.24) is 10.6 Å². The van der Waals surface area contributed by atoms with E-state index in [1.807, 2.05) is 0 Å². The fourth-order valence-corrected chi connectivity index (χ4v) is 2.93. The Morgan fingerprint density at radius 3 is 3.11 bits per heavy atom. The molecule has 3 nitrogen and oxygen atoms in total. The summed E-state index contributed by atoms with van der Waals surface area (Å²) in [6, 6.07) is 9.29. The molecule has 0 aliphatic carbocycles. The third kappa shape index (κ3) is 2.74. The van der Waals surface area contributed by atoms with Gasteiger partial charge in [-0.1, -0.05) is 24.3 Å². The highest BCUT2D eigenvalue weighted by molar-refractivity contribution is 5.30. The van der Waals surface area contributed by atoms with Crippen LogP contribution in [0.15, 0.2) is 24.3 Å². The van der Waals surface area contributed by atoms with Crippen LogP contribution >= 0.6 is 0 Å². The smallest absolute Gasteiger partial charge is 0.0507 e. The van der Waals surface area contributed by atoms with Crippen LogP contribution in [0.2, 0.25) is 0 Å². The van der Waals surface area contributed by atoms with Crippen molar-refractivity contribution < 1.29 is 4.74 Å². The molecule has 18 heavy (non-hydrogen) atoms. The summed E-state index contributed by atoms with van der Waals surface area (Å²) >= 11 is 0. The van der Waals surface area contributed by atoms with Gasteiger partial charge in [0.1, 0.15) is 0 Å². The van der Waals surface area contributed by atoms with E-state index in [-0.39, 0.29) is 0 Å². The van der Waals surface area contributed by atoms with Crippen LogP contribution in [0.1, 0.15) is 30.0 Å². The minimum atomic E-state index is 0.497. The predicted octanol–water partition coefficient (Wildman–Crippen LogP) is 1.85. The van der Waals surface area contributed by atoms with Crippen molar-refractivity contribution >= 4 is 0 Å². The Kier molecular flexibility index (Phi) is 3.93. The van der Waals surface area contributed by atoms with Crippen molar-refractivity contribution in [2.75, 3.05) is 26.3 Å². The summed E-state index contributed by atoms with van der Waals surface area (Å²) in [5.41, 5.74) is 2.91. The maximum absolute atomic E-state index is 5.44. The second-order valence-corrected chi connectivity index (χ2v) is 5.35. The fraction of sp³-hybridized carbons (Fsp3) is 0.600. The van der Waals surface area contributed by atoms with Crippen LogP contribution in [0.25, 0.3) is 0 Å². The average molecular weight is 246 g/mol. The van der Waals surface area contributed by atoms with Gasteiger partial charge in [-0.05, 0) is 36.4 Å². The molecule has 0 amide bonds. The van der Waals surface area contributed by atoms with Gasteiger partial charge < -0.3 is 15.4 Å². The van der Waals surface area contributed by atoms with Crippen molar-refractivity contribution in [1.29, 1.82) is 0 Å². The quantitative estimate of drug-likeness (QED) is 0.854. The minimum absolute atomic E-state index is 0.497. The predicted molar refractivity (Wildman–Crippen MR) is 72.4 cm³/mol. The lowest BCUT2D eigenvalue weighted by Gasteiger charge is -2.20. The summed E-state index contributed by atoms with van der Waals surface area (Å²) in [7, 11) is 0. The van der Waals surface area contributed by atoms with Gasteiger partial charge in [0.25, 0.3) is 0 Å². The van der Waals surface area contributed by atoms with E-state index in [2.05, 4.69) is 34.9 Å². The average Bonchev–Trinajstić information content (AvgIpc) is 2.84. The summed E-state index contributed by atoms with van der Waals surface area (Å²) in [6.45, 7) is 5.04. The lowest BCUT2D eigenvalue weighted by atomic mass is 9.98. The molecule has 0 spiro atoms. The van der Waals surface area contributed by atoms with Crippen molar-refractivity contribution in [3.05, 3.63) is 35.4 Å². The third-order valence-electron chi connectivity index (χ3n) is 4.03. The van der Waals surface area contributed by atoms with E-state index < -0.39 is 0 Å².